The fraction of sp³-hybridized carbons (Fsp3) is 0.115. The first-order valence-corrected chi connectivity index (χ1v) is 10.5. The lowest BCUT2D eigenvalue weighted by molar-refractivity contribution is -0.119. The first kappa shape index (κ1) is 21.3. The van der Waals surface area contributed by atoms with Crippen molar-refractivity contribution in [3.63, 3.8) is 0 Å². The Morgan fingerprint density at radius 1 is 0.971 bits per heavy atom. The second-order valence-corrected chi connectivity index (χ2v) is 7.60. The van der Waals surface area contributed by atoms with Crippen LogP contribution in [0.15, 0.2) is 75.7 Å². The monoisotopic (exact) mass is 456 g/mol. The summed E-state index contributed by atoms with van der Waals surface area (Å²) < 4.78 is 21.8. The zero-order valence-corrected chi connectivity index (χ0v) is 18.5. The number of nitrogens with zero attached hydrogens (tertiary/aromatic N) is 1. The molecule has 0 bridgehead atoms. The molecule has 8 nitrogen and oxygen atoms in total. The van der Waals surface area contributed by atoms with Gasteiger partial charge in [-0.1, -0.05) is 53.7 Å². The summed E-state index contributed by atoms with van der Waals surface area (Å²) in [5.41, 5.74) is 2.99. The molecule has 170 valence electrons. The molecule has 5 aromatic rings. The molecule has 0 fully saturated rings. The lowest BCUT2D eigenvalue weighted by Gasteiger charge is -2.11. The highest BCUT2D eigenvalue weighted by Gasteiger charge is 2.24. The molecule has 0 aliphatic carbocycles. The smallest absolute Gasteiger partial charge is 0.344 e. The normalized spacial score (nSPS) is 11.0. The van der Waals surface area contributed by atoms with E-state index >= 15 is 0 Å². The summed E-state index contributed by atoms with van der Waals surface area (Å²) in [6.07, 6.45) is 0. The highest BCUT2D eigenvalue weighted by Crippen LogP contribution is 2.36. The van der Waals surface area contributed by atoms with Gasteiger partial charge in [-0.2, -0.15) is 0 Å². The zero-order chi connectivity index (χ0) is 23.7. The van der Waals surface area contributed by atoms with Crippen molar-refractivity contribution in [3.8, 4) is 17.0 Å². The van der Waals surface area contributed by atoms with Gasteiger partial charge in [0.2, 0.25) is 0 Å². The van der Waals surface area contributed by atoms with Gasteiger partial charge >= 0.3 is 5.97 Å². The molecule has 2 heterocycles. The van der Waals surface area contributed by atoms with Crippen LogP contribution in [-0.4, -0.2) is 30.7 Å². The van der Waals surface area contributed by atoms with Crippen molar-refractivity contribution < 1.29 is 28.0 Å². The number of carbonyl (C=O) groups is 2. The van der Waals surface area contributed by atoms with Gasteiger partial charge in [-0.05, 0) is 19.1 Å². The number of hydrogen-bond donors (Lipinski definition) is 1. The van der Waals surface area contributed by atoms with Crippen LogP contribution >= 0.6 is 0 Å². The number of furan rings is 1. The van der Waals surface area contributed by atoms with E-state index in [2.05, 4.69) is 10.5 Å². The number of methoxy groups -OCH3 is 1. The summed E-state index contributed by atoms with van der Waals surface area (Å²) in [6.45, 7) is 1.11. The van der Waals surface area contributed by atoms with Crippen LogP contribution in [0.2, 0.25) is 0 Å². The molecule has 2 aromatic heterocycles. The number of fused-ring (bicyclic) bond motifs is 3. The second kappa shape index (κ2) is 8.74. The van der Waals surface area contributed by atoms with Crippen molar-refractivity contribution in [3.05, 3.63) is 78.1 Å². The van der Waals surface area contributed by atoms with Crippen LogP contribution in [0.4, 0.5) is 5.69 Å². The third-order valence-electron chi connectivity index (χ3n) is 5.42. The minimum atomic E-state index is -0.701. The first-order valence-electron chi connectivity index (χ1n) is 10.5. The third kappa shape index (κ3) is 3.86. The number of hydrogen-bond acceptors (Lipinski definition) is 7. The van der Waals surface area contributed by atoms with Crippen molar-refractivity contribution in [1.29, 1.82) is 0 Å². The van der Waals surface area contributed by atoms with Crippen LogP contribution < -0.4 is 10.1 Å². The van der Waals surface area contributed by atoms with E-state index in [9.17, 15) is 9.59 Å². The van der Waals surface area contributed by atoms with Crippen LogP contribution in [0.5, 0.6) is 5.75 Å². The number of benzene rings is 3. The third-order valence-corrected chi connectivity index (χ3v) is 5.42. The van der Waals surface area contributed by atoms with Gasteiger partial charge in [0.25, 0.3) is 5.91 Å². The fourth-order valence-electron chi connectivity index (χ4n) is 3.81. The SMILES string of the molecule is COc1cc2c(cc1NC(=O)COC(=O)c1c(-c3ccccc3)noc1C)oc1ccccc12. The maximum absolute atomic E-state index is 12.7. The Labute approximate surface area is 194 Å². The van der Waals surface area contributed by atoms with Crippen LogP contribution in [0.3, 0.4) is 0 Å². The minimum absolute atomic E-state index is 0.181. The first-order chi connectivity index (χ1) is 16.5. The Morgan fingerprint density at radius 2 is 1.74 bits per heavy atom. The lowest BCUT2D eigenvalue weighted by atomic mass is 10.1. The van der Waals surface area contributed by atoms with E-state index in [0.29, 0.717) is 34.0 Å². The second-order valence-electron chi connectivity index (χ2n) is 7.60. The van der Waals surface area contributed by atoms with Gasteiger partial charge in [0, 0.05) is 22.4 Å². The number of para-hydroxylation sites is 1. The highest BCUT2D eigenvalue weighted by atomic mass is 16.5. The molecule has 34 heavy (non-hydrogen) atoms. The summed E-state index contributed by atoms with van der Waals surface area (Å²) in [6, 6.07) is 20.2. The van der Waals surface area contributed by atoms with E-state index in [1.54, 1.807) is 31.2 Å². The number of nitrogens with one attached hydrogen (secondary N) is 1. The molecule has 5 rings (SSSR count). The predicted molar refractivity (Wildman–Crippen MR) is 126 cm³/mol. The van der Waals surface area contributed by atoms with Gasteiger partial charge in [-0.15, -0.1) is 0 Å². The van der Waals surface area contributed by atoms with Crippen LogP contribution in [0, 0.1) is 6.92 Å². The Morgan fingerprint density at radius 3 is 2.53 bits per heavy atom. The predicted octanol–water partition coefficient (Wildman–Crippen LogP) is 5.35. The van der Waals surface area contributed by atoms with Crippen molar-refractivity contribution in [2.75, 3.05) is 19.0 Å². The van der Waals surface area contributed by atoms with Crippen LogP contribution in [0.25, 0.3) is 33.2 Å². The van der Waals surface area contributed by atoms with Gasteiger partial charge < -0.3 is 23.7 Å². The van der Waals surface area contributed by atoms with Crippen molar-refractivity contribution in [2.24, 2.45) is 0 Å². The Bertz CT molecular complexity index is 1520. The van der Waals surface area contributed by atoms with Gasteiger partial charge in [-0.25, -0.2) is 4.79 Å². The molecule has 0 atom stereocenters. The average Bonchev–Trinajstić information content (AvgIpc) is 3.42. The molecule has 0 aliphatic rings. The Kier molecular flexibility index (Phi) is 5.47. The molecule has 0 spiro atoms. The van der Waals surface area contributed by atoms with Crippen LogP contribution in [0.1, 0.15) is 16.1 Å². The molecule has 8 heteroatoms. The topological polar surface area (TPSA) is 104 Å². The fourth-order valence-corrected chi connectivity index (χ4v) is 3.81. The van der Waals surface area contributed by atoms with Crippen molar-refractivity contribution in [1.82, 2.24) is 5.16 Å². The number of amides is 1. The molecular weight excluding hydrogens is 436 g/mol. The molecule has 0 saturated carbocycles. The molecular formula is C26H20N2O6. The van der Waals surface area contributed by atoms with E-state index in [4.69, 9.17) is 18.4 Å². The van der Waals surface area contributed by atoms with E-state index in [1.807, 2.05) is 42.5 Å². The number of esters is 1. The van der Waals surface area contributed by atoms with Crippen LogP contribution in [-0.2, 0) is 9.53 Å². The van der Waals surface area contributed by atoms with Gasteiger partial charge in [-0.3, -0.25) is 4.79 Å². The quantitative estimate of drug-likeness (QED) is 0.343. The number of carbonyl (C=O) groups excluding carboxylic acids is 2. The molecule has 1 amide bonds. The zero-order valence-electron chi connectivity index (χ0n) is 18.5. The Hall–Kier alpha value is -4.59. The number of ether oxygens (including phenoxy) is 2. The van der Waals surface area contributed by atoms with Crippen molar-refractivity contribution >= 4 is 39.5 Å². The highest BCUT2D eigenvalue weighted by molar-refractivity contribution is 6.08. The van der Waals surface area contributed by atoms with Crippen molar-refractivity contribution in [2.45, 2.75) is 6.92 Å². The Balaban J connectivity index is 1.33. The average molecular weight is 456 g/mol. The van der Waals surface area contributed by atoms with E-state index < -0.39 is 18.5 Å². The standard InChI is InChI=1S/C26H20N2O6/c1-15-24(25(28-34-15)16-8-4-3-5-9-16)26(30)32-14-23(29)27-19-13-21-18(12-22(19)31-2)17-10-6-7-11-20(17)33-21/h3-13H,14H2,1-2H3,(H,27,29). The van der Waals surface area contributed by atoms with Gasteiger partial charge in [0.1, 0.15) is 33.9 Å². The number of anilines is 1. The summed E-state index contributed by atoms with van der Waals surface area (Å²) in [4.78, 5) is 25.3. The molecule has 0 aliphatic heterocycles. The summed E-state index contributed by atoms with van der Waals surface area (Å²) >= 11 is 0. The molecule has 0 radical (unpaired) electrons. The summed E-state index contributed by atoms with van der Waals surface area (Å²) in [5.74, 6) is -0.467. The number of aryl methyl sites for hydroxylation is 1. The number of rotatable bonds is 6. The minimum Gasteiger partial charge on any atom is -0.495 e. The van der Waals surface area contributed by atoms with E-state index in [1.165, 1.54) is 7.11 Å². The maximum Gasteiger partial charge on any atom is 0.344 e. The number of aromatic nitrogens is 1. The lowest BCUT2D eigenvalue weighted by Crippen LogP contribution is -2.21. The molecule has 1 N–H and O–H groups in total. The largest absolute Gasteiger partial charge is 0.495 e. The summed E-state index contributed by atoms with van der Waals surface area (Å²) in [5, 5.41) is 8.50. The summed E-state index contributed by atoms with van der Waals surface area (Å²) in [7, 11) is 1.51. The molecule has 0 unspecified atom stereocenters. The van der Waals surface area contributed by atoms with Gasteiger partial charge in [0.05, 0.1) is 12.8 Å². The maximum atomic E-state index is 12.7. The van der Waals surface area contributed by atoms with E-state index in [0.717, 1.165) is 16.4 Å². The molecule has 3 aromatic carbocycles. The van der Waals surface area contributed by atoms with Gasteiger partial charge in [0.15, 0.2) is 6.61 Å². The molecule has 0 saturated heterocycles. The van der Waals surface area contributed by atoms with E-state index in [-0.39, 0.29) is 5.56 Å².